The summed E-state index contributed by atoms with van der Waals surface area (Å²) in [4.78, 5) is 0. The standard InChI is InChI=1S/2C8H13Si.2ClH.Ti/c2*1-9(2,3)8-6-4-5-7-8;;;/h2*4,6H,5H2,1-3H3;2*1H;/q2*-1;;;+4/p-2. The molecule has 0 aromatic heterocycles. The summed E-state index contributed by atoms with van der Waals surface area (Å²) in [7, 11) is -2.01. The molecule has 0 aromatic rings. The Kier molecular flexibility index (Phi) is 14.2. The topological polar surface area (TPSA) is 0 Å². The molecule has 0 radical (unpaired) electrons. The molecule has 0 aliphatic heterocycles. The Bertz CT molecular complexity index is 371. The van der Waals surface area contributed by atoms with E-state index in [0.717, 1.165) is 12.8 Å². The maximum atomic E-state index is 3.36. The molecule has 0 saturated carbocycles. The number of rotatable bonds is 2. The van der Waals surface area contributed by atoms with E-state index in [4.69, 9.17) is 0 Å². The van der Waals surface area contributed by atoms with E-state index in [-0.39, 0.29) is 46.5 Å². The maximum Gasteiger partial charge on any atom is 4.00 e. The third-order valence-electron chi connectivity index (χ3n) is 3.01. The van der Waals surface area contributed by atoms with Crippen LogP contribution in [0.4, 0.5) is 0 Å². The Labute approximate surface area is 161 Å². The summed E-state index contributed by atoms with van der Waals surface area (Å²) in [5, 5.41) is 2.98. The predicted octanol–water partition coefficient (Wildman–Crippen LogP) is -0.888. The smallest absolute Gasteiger partial charge is 1.00 e. The molecule has 5 heteroatoms. The largest absolute Gasteiger partial charge is 4.00 e. The molecule has 2 rings (SSSR count). The van der Waals surface area contributed by atoms with Gasteiger partial charge in [-0.3, -0.25) is 12.2 Å². The molecule has 0 saturated heterocycles. The molecular formula is C16H26Cl2Si2Ti. The zero-order valence-corrected chi connectivity index (χ0v) is 19.1. The molecule has 0 fully saturated rings. The average molecular weight is 393 g/mol. The van der Waals surface area contributed by atoms with Crippen molar-refractivity contribution in [1.82, 2.24) is 0 Å². The van der Waals surface area contributed by atoms with Crippen LogP contribution in [0.2, 0.25) is 39.3 Å². The molecule has 0 bridgehead atoms. The Hall–Kier alpha value is 0.688. The van der Waals surface area contributed by atoms with E-state index in [1.807, 2.05) is 0 Å². The summed E-state index contributed by atoms with van der Waals surface area (Å²) in [6, 6.07) is 0. The van der Waals surface area contributed by atoms with Crippen LogP contribution in [0, 0.1) is 12.2 Å². The van der Waals surface area contributed by atoms with Crippen LogP contribution < -0.4 is 24.8 Å². The van der Waals surface area contributed by atoms with Crippen molar-refractivity contribution in [2.24, 2.45) is 0 Å². The quantitative estimate of drug-likeness (QED) is 0.422. The first-order chi connectivity index (χ1) is 8.21. The minimum Gasteiger partial charge on any atom is -1.00 e. The fraction of sp³-hybridized carbons (Fsp3) is 0.500. The minimum atomic E-state index is -1.01. The number of halogens is 2. The molecule has 0 heterocycles. The van der Waals surface area contributed by atoms with Gasteiger partial charge in [0.25, 0.3) is 0 Å². The van der Waals surface area contributed by atoms with Gasteiger partial charge in [-0.25, -0.2) is 22.5 Å². The van der Waals surface area contributed by atoms with Crippen LogP contribution in [0.3, 0.4) is 0 Å². The van der Waals surface area contributed by atoms with Crippen LogP contribution in [0.15, 0.2) is 34.7 Å². The molecule has 0 unspecified atom stereocenters. The summed E-state index contributed by atoms with van der Waals surface area (Å²) < 4.78 is 0. The molecule has 2 aliphatic carbocycles. The molecule has 2 aliphatic rings. The Balaban J connectivity index is -0.000000270. The fourth-order valence-electron chi connectivity index (χ4n) is 1.84. The van der Waals surface area contributed by atoms with Crippen molar-refractivity contribution >= 4 is 16.1 Å². The second kappa shape index (κ2) is 11.3. The molecular weight excluding hydrogens is 367 g/mol. The van der Waals surface area contributed by atoms with Gasteiger partial charge in [0.2, 0.25) is 0 Å². The molecule has 21 heavy (non-hydrogen) atoms. The van der Waals surface area contributed by atoms with E-state index in [9.17, 15) is 0 Å². The molecule has 0 aromatic carbocycles. The molecule has 0 nitrogen and oxygen atoms in total. The van der Waals surface area contributed by atoms with Crippen molar-refractivity contribution in [3.05, 3.63) is 46.8 Å². The third-order valence-corrected chi connectivity index (χ3v) is 6.92. The van der Waals surface area contributed by atoms with Gasteiger partial charge in [0, 0.05) is 16.1 Å². The second-order valence-corrected chi connectivity index (χ2v) is 17.0. The van der Waals surface area contributed by atoms with Gasteiger partial charge in [-0.05, 0) is 0 Å². The molecule has 0 amide bonds. The average Bonchev–Trinajstić information content (AvgIpc) is 2.91. The zero-order valence-electron chi connectivity index (χ0n) is 14.0. The van der Waals surface area contributed by atoms with E-state index >= 15 is 0 Å². The summed E-state index contributed by atoms with van der Waals surface area (Å²) in [5.41, 5.74) is 0. The van der Waals surface area contributed by atoms with Crippen molar-refractivity contribution < 1.29 is 46.5 Å². The Morgan fingerprint density at radius 2 is 1.00 bits per heavy atom. The Morgan fingerprint density at radius 1 is 0.714 bits per heavy atom. The number of hydrogen-bond donors (Lipinski definition) is 0. The number of hydrogen-bond acceptors (Lipinski definition) is 0. The van der Waals surface area contributed by atoms with Crippen LogP contribution in [0.1, 0.15) is 12.8 Å². The van der Waals surface area contributed by atoms with E-state index in [2.05, 4.69) is 75.7 Å². The van der Waals surface area contributed by atoms with Gasteiger partial charge in [-0.15, -0.1) is 12.8 Å². The van der Waals surface area contributed by atoms with E-state index in [1.165, 1.54) is 10.4 Å². The summed E-state index contributed by atoms with van der Waals surface area (Å²) in [6.07, 6.45) is 17.6. The van der Waals surface area contributed by atoms with E-state index in [1.54, 1.807) is 0 Å². The van der Waals surface area contributed by atoms with Crippen LogP contribution in [-0.2, 0) is 21.7 Å². The molecule has 0 atom stereocenters. The predicted molar refractivity (Wildman–Crippen MR) is 87.7 cm³/mol. The van der Waals surface area contributed by atoms with Gasteiger partial charge in [0.1, 0.15) is 0 Å². The molecule has 0 spiro atoms. The Morgan fingerprint density at radius 3 is 1.10 bits per heavy atom. The SMILES string of the molecule is C[Si](C)(C)C1=[C-]CC=C1.C[Si](C)(C)C1=[C-]CC=C1.[Cl-].[Cl-].[Ti+4]. The van der Waals surface area contributed by atoms with E-state index in [0.29, 0.717) is 0 Å². The summed E-state index contributed by atoms with van der Waals surface area (Å²) in [6.45, 7) is 14.1. The molecule has 0 N–H and O–H groups in total. The van der Waals surface area contributed by atoms with Gasteiger partial charge in [0.15, 0.2) is 0 Å². The van der Waals surface area contributed by atoms with Crippen molar-refractivity contribution in [3.63, 3.8) is 0 Å². The first-order valence-corrected chi connectivity index (χ1v) is 13.8. The fourth-order valence-corrected chi connectivity index (χ4v) is 4.34. The summed E-state index contributed by atoms with van der Waals surface area (Å²) >= 11 is 0. The first-order valence-electron chi connectivity index (χ1n) is 6.77. The maximum absolute atomic E-state index is 3.36. The van der Waals surface area contributed by atoms with Gasteiger partial charge < -0.3 is 24.8 Å². The second-order valence-electron chi connectivity index (χ2n) is 6.89. The van der Waals surface area contributed by atoms with Crippen LogP contribution in [0.25, 0.3) is 0 Å². The van der Waals surface area contributed by atoms with Crippen LogP contribution in [-0.4, -0.2) is 16.1 Å². The van der Waals surface area contributed by atoms with Crippen LogP contribution in [0.5, 0.6) is 0 Å². The minimum absolute atomic E-state index is 0. The monoisotopic (exact) mass is 392 g/mol. The van der Waals surface area contributed by atoms with Crippen molar-refractivity contribution in [3.8, 4) is 0 Å². The summed E-state index contributed by atoms with van der Waals surface area (Å²) in [5.74, 6) is 0. The van der Waals surface area contributed by atoms with Crippen molar-refractivity contribution in [2.45, 2.75) is 52.1 Å². The van der Waals surface area contributed by atoms with Gasteiger partial charge in [0.05, 0.1) is 0 Å². The van der Waals surface area contributed by atoms with Crippen molar-refractivity contribution in [1.29, 1.82) is 0 Å². The van der Waals surface area contributed by atoms with E-state index < -0.39 is 16.1 Å². The normalized spacial score (nSPS) is 15.7. The molecule has 116 valence electrons. The third kappa shape index (κ3) is 10.1. The zero-order chi connectivity index (χ0) is 13.8. The number of allylic oxidation sites excluding steroid dienone is 8. The van der Waals surface area contributed by atoms with Crippen molar-refractivity contribution in [2.75, 3.05) is 0 Å². The van der Waals surface area contributed by atoms with Gasteiger partial charge in [-0.2, -0.15) is 12.2 Å². The first kappa shape index (κ1) is 26.6. The van der Waals surface area contributed by atoms with Gasteiger partial charge in [-0.1, -0.05) is 39.3 Å². The van der Waals surface area contributed by atoms with Crippen LogP contribution >= 0.6 is 0 Å². The van der Waals surface area contributed by atoms with Gasteiger partial charge >= 0.3 is 21.7 Å².